The van der Waals surface area contributed by atoms with Crippen molar-refractivity contribution in [1.82, 2.24) is 5.32 Å². The maximum Gasteiger partial charge on any atom is 0.339 e. The molecule has 0 saturated carbocycles. The topological polar surface area (TPSA) is 64.6 Å². The lowest BCUT2D eigenvalue weighted by atomic mass is 10.1. The van der Waals surface area contributed by atoms with Gasteiger partial charge in [0.2, 0.25) is 0 Å². The van der Waals surface area contributed by atoms with Crippen LogP contribution in [0.4, 0.5) is 0 Å². The molecule has 0 unspecified atom stereocenters. The molecule has 0 aliphatic heterocycles. The molecule has 0 aliphatic rings. The van der Waals surface area contributed by atoms with Crippen molar-refractivity contribution in [1.29, 1.82) is 0 Å². The van der Waals surface area contributed by atoms with Crippen molar-refractivity contribution in [2.75, 3.05) is 13.7 Å². The quantitative estimate of drug-likeness (QED) is 0.694. The third kappa shape index (κ3) is 4.19. The van der Waals surface area contributed by atoms with Crippen LogP contribution in [0.2, 0.25) is 0 Å². The number of amides is 1. The Bertz CT molecular complexity index is 931. The van der Waals surface area contributed by atoms with E-state index in [2.05, 4.69) is 5.32 Å². The number of hydrogen-bond acceptors (Lipinski definition) is 4. The molecule has 1 N–H and O–H groups in total. The first-order valence-electron chi connectivity index (χ1n) is 8.22. The van der Waals surface area contributed by atoms with Gasteiger partial charge in [-0.05, 0) is 34.5 Å². The van der Waals surface area contributed by atoms with Crippen LogP contribution in [-0.2, 0) is 16.1 Å². The molecule has 132 valence electrons. The molecule has 26 heavy (non-hydrogen) atoms. The van der Waals surface area contributed by atoms with Crippen LogP contribution in [0.3, 0.4) is 0 Å². The number of benzene rings is 3. The zero-order chi connectivity index (χ0) is 18.4. The highest BCUT2D eigenvalue weighted by Crippen LogP contribution is 2.19. The molecule has 0 bridgehead atoms. The number of esters is 1. The number of ether oxygens (including phenoxy) is 2. The Labute approximate surface area is 151 Å². The number of carbonyl (C=O) groups excluding carboxylic acids is 2. The Balaban J connectivity index is 1.56. The summed E-state index contributed by atoms with van der Waals surface area (Å²) in [6.45, 7) is 0.00781. The Morgan fingerprint density at radius 2 is 1.73 bits per heavy atom. The Kier molecular flexibility index (Phi) is 5.49. The van der Waals surface area contributed by atoms with Gasteiger partial charge in [-0.3, -0.25) is 4.79 Å². The van der Waals surface area contributed by atoms with Gasteiger partial charge in [0, 0.05) is 6.54 Å². The highest BCUT2D eigenvalue weighted by Gasteiger charge is 2.13. The highest BCUT2D eigenvalue weighted by atomic mass is 16.5. The summed E-state index contributed by atoms with van der Waals surface area (Å²) in [6, 6.07) is 20.4. The van der Waals surface area contributed by atoms with Crippen molar-refractivity contribution in [2.45, 2.75) is 6.54 Å². The van der Waals surface area contributed by atoms with Gasteiger partial charge in [0.25, 0.3) is 5.91 Å². The van der Waals surface area contributed by atoms with E-state index in [0.29, 0.717) is 12.1 Å². The van der Waals surface area contributed by atoms with E-state index in [9.17, 15) is 9.59 Å². The van der Waals surface area contributed by atoms with Gasteiger partial charge >= 0.3 is 5.97 Å². The molecule has 0 spiro atoms. The number of rotatable bonds is 6. The Morgan fingerprint density at radius 1 is 0.962 bits per heavy atom. The largest absolute Gasteiger partial charge is 0.497 e. The third-order valence-electron chi connectivity index (χ3n) is 3.97. The second-order valence-electron chi connectivity index (χ2n) is 5.73. The van der Waals surface area contributed by atoms with Crippen LogP contribution in [0, 0.1) is 0 Å². The first-order chi connectivity index (χ1) is 12.7. The molecule has 0 aromatic heterocycles. The fourth-order valence-corrected chi connectivity index (χ4v) is 2.65. The fourth-order valence-electron chi connectivity index (χ4n) is 2.65. The first-order valence-corrected chi connectivity index (χ1v) is 8.22. The molecule has 3 aromatic carbocycles. The Morgan fingerprint density at radius 3 is 2.58 bits per heavy atom. The van der Waals surface area contributed by atoms with E-state index in [1.54, 1.807) is 19.2 Å². The van der Waals surface area contributed by atoms with Crippen LogP contribution in [-0.4, -0.2) is 25.6 Å². The van der Waals surface area contributed by atoms with Gasteiger partial charge in [-0.2, -0.15) is 0 Å². The number of hydrogen-bond donors (Lipinski definition) is 1. The molecule has 0 aliphatic carbocycles. The molecule has 0 radical (unpaired) electrons. The summed E-state index contributed by atoms with van der Waals surface area (Å²) < 4.78 is 10.3. The third-order valence-corrected chi connectivity index (χ3v) is 3.97. The molecule has 0 saturated heterocycles. The van der Waals surface area contributed by atoms with E-state index in [1.165, 1.54) is 0 Å². The standard InChI is InChI=1S/C21H19NO4/c1-25-17-9-4-6-15(12-17)13-22-20(23)14-26-21(24)19-11-5-8-16-7-2-3-10-18(16)19/h2-12H,13-14H2,1H3,(H,22,23). The van der Waals surface area contributed by atoms with Gasteiger partial charge in [-0.25, -0.2) is 4.79 Å². The smallest absolute Gasteiger partial charge is 0.339 e. The number of methoxy groups -OCH3 is 1. The van der Waals surface area contributed by atoms with Crippen molar-refractivity contribution in [2.24, 2.45) is 0 Å². The van der Waals surface area contributed by atoms with Crippen LogP contribution < -0.4 is 10.1 Å². The molecular formula is C21H19NO4. The van der Waals surface area contributed by atoms with Gasteiger partial charge in [0.15, 0.2) is 6.61 Å². The average molecular weight is 349 g/mol. The molecule has 3 aromatic rings. The minimum absolute atomic E-state index is 0.327. The lowest BCUT2D eigenvalue weighted by molar-refractivity contribution is -0.124. The zero-order valence-electron chi connectivity index (χ0n) is 14.4. The van der Waals surface area contributed by atoms with E-state index >= 15 is 0 Å². The van der Waals surface area contributed by atoms with Crippen LogP contribution in [0.1, 0.15) is 15.9 Å². The molecule has 0 heterocycles. The summed E-state index contributed by atoms with van der Waals surface area (Å²) in [5, 5.41) is 4.47. The van der Waals surface area contributed by atoms with Gasteiger partial charge in [-0.1, -0.05) is 48.5 Å². The molecule has 3 rings (SSSR count). The summed E-state index contributed by atoms with van der Waals surface area (Å²) in [5.41, 5.74) is 1.35. The van der Waals surface area contributed by atoms with E-state index in [4.69, 9.17) is 9.47 Å². The monoisotopic (exact) mass is 349 g/mol. The van der Waals surface area contributed by atoms with E-state index in [1.807, 2.05) is 54.6 Å². The van der Waals surface area contributed by atoms with Crippen molar-refractivity contribution in [3.63, 3.8) is 0 Å². The lowest BCUT2D eigenvalue weighted by Crippen LogP contribution is -2.28. The maximum absolute atomic E-state index is 12.3. The van der Waals surface area contributed by atoms with Gasteiger partial charge < -0.3 is 14.8 Å². The van der Waals surface area contributed by atoms with Crippen molar-refractivity contribution >= 4 is 22.6 Å². The minimum atomic E-state index is -0.515. The minimum Gasteiger partial charge on any atom is -0.497 e. The van der Waals surface area contributed by atoms with Crippen LogP contribution in [0.5, 0.6) is 5.75 Å². The van der Waals surface area contributed by atoms with Gasteiger partial charge in [0.1, 0.15) is 5.75 Å². The maximum atomic E-state index is 12.3. The fraction of sp³-hybridized carbons (Fsp3) is 0.143. The number of fused-ring (bicyclic) bond motifs is 1. The predicted molar refractivity (Wildman–Crippen MR) is 99.1 cm³/mol. The molecule has 0 atom stereocenters. The van der Waals surface area contributed by atoms with Crippen molar-refractivity contribution < 1.29 is 19.1 Å². The van der Waals surface area contributed by atoms with Crippen molar-refractivity contribution in [3.8, 4) is 5.75 Å². The molecular weight excluding hydrogens is 330 g/mol. The summed E-state index contributed by atoms with van der Waals surface area (Å²) in [4.78, 5) is 24.3. The first kappa shape index (κ1) is 17.5. The molecule has 5 nitrogen and oxygen atoms in total. The zero-order valence-corrected chi connectivity index (χ0v) is 14.4. The summed E-state index contributed by atoms with van der Waals surface area (Å²) in [7, 11) is 1.59. The summed E-state index contributed by atoms with van der Waals surface area (Å²) in [5.74, 6) is -0.154. The van der Waals surface area contributed by atoms with Crippen molar-refractivity contribution in [3.05, 3.63) is 77.9 Å². The summed E-state index contributed by atoms with van der Waals surface area (Å²) >= 11 is 0. The normalized spacial score (nSPS) is 10.3. The van der Waals surface area contributed by atoms with Gasteiger partial charge in [-0.15, -0.1) is 0 Å². The molecule has 0 fully saturated rings. The second-order valence-corrected chi connectivity index (χ2v) is 5.73. The molecule has 1 amide bonds. The average Bonchev–Trinajstić information content (AvgIpc) is 2.70. The van der Waals surface area contributed by atoms with E-state index in [-0.39, 0.29) is 12.5 Å². The van der Waals surface area contributed by atoms with Gasteiger partial charge in [0.05, 0.1) is 12.7 Å². The Hall–Kier alpha value is -3.34. The van der Waals surface area contributed by atoms with E-state index < -0.39 is 5.97 Å². The predicted octanol–water partition coefficient (Wildman–Crippen LogP) is 3.32. The summed E-state index contributed by atoms with van der Waals surface area (Å²) in [6.07, 6.45) is 0. The van der Waals surface area contributed by atoms with Crippen LogP contribution >= 0.6 is 0 Å². The molecule has 5 heteroatoms. The van der Waals surface area contributed by atoms with E-state index in [0.717, 1.165) is 22.1 Å². The highest BCUT2D eigenvalue weighted by molar-refractivity contribution is 6.04. The lowest BCUT2D eigenvalue weighted by Gasteiger charge is -2.09. The van der Waals surface area contributed by atoms with Crippen LogP contribution in [0.15, 0.2) is 66.7 Å². The SMILES string of the molecule is COc1cccc(CNC(=O)COC(=O)c2cccc3ccccc23)c1. The van der Waals surface area contributed by atoms with Crippen LogP contribution in [0.25, 0.3) is 10.8 Å². The number of nitrogens with one attached hydrogen (secondary N) is 1. The second kappa shape index (κ2) is 8.16. The number of carbonyl (C=O) groups is 2.